The van der Waals surface area contributed by atoms with Crippen molar-refractivity contribution in [3.63, 3.8) is 0 Å². The van der Waals surface area contributed by atoms with Gasteiger partial charge in [-0.25, -0.2) is 19.2 Å². The number of ether oxygens (including phenoxy) is 1. The van der Waals surface area contributed by atoms with Gasteiger partial charge < -0.3 is 24.8 Å². The van der Waals surface area contributed by atoms with Gasteiger partial charge in [0.2, 0.25) is 0 Å². The van der Waals surface area contributed by atoms with Crippen molar-refractivity contribution >= 4 is 23.4 Å². The number of urea groups is 1. The lowest BCUT2D eigenvalue weighted by Gasteiger charge is -2.40. The van der Waals surface area contributed by atoms with Crippen molar-refractivity contribution < 1.29 is 18.7 Å². The highest BCUT2D eigenvalue weighted by Gasteiger charge is 2.35. The van der Waals surface area contributed by atoms with E-state index in [1.807, 2.05) is 36.9 Å². The third-order valence-corrected chi connectivity index (χ3v) is 8.57. The average molecular weight is 559 g/mol. The lowest BCUT2D eigenvalue weighted by Crippen LogP contribution is -2.49. The van der Waals surface area contributed by atoms with Gasteiger partial charge in [-0.05, 0) is 66.3 Å². The Labute approximate surface area is 239 Å². The van der Waals surface area contributed by atoms with Gasteiger partial charge in [0.15, 0.2) is 0 Å². The summed E-state index contributed by atoms with van der Waals surface area (Å²) in [5.74, 6) is 1.07. The van der Waals surface area contributed by atoms with Gasteiger partial charge in [0.05, 0.1) is 7.11 Å². The van der Waals surface area contributed by atoms with E-state index in [9.17, 15) is 14.0 Å². The van der Waals surface area contributed by atoms with Crippen LogP contribution in [0.5, 0.6) is 5.75 Å². The Morgan fingerprint density at radius 3 is 2.63 bits per heavy atom. The van der Waals surface area contributed by atoms with E-state index < -0.39 is 0 Å². The molecule has 2 aromatic carbocycles. The molecule has 9 nitrogen and oxygen atoms in total. The number of hydrogen-bond donors (Lipinski definition) is 1. The molecule has 3 aromatic rings. The first kappa shape index (κ1) is 27.0. The van der Waals surface area contributed by atoms with Gasteiger partial charge in [-0.1, -0.05) is 19.9 Å². The summed E-state index contributed by atoms with van der Waals surface area (Å²) < 4.78 is 19.3. The number of aromatic nitrogens is 2. The Morgan fingerprint density at radius 2 is 1.85 bits per heavy atom. The fourth-order valence-electron chi connectivity index (χ4n) is 6.39. The van der Waals surface area contributed by atoms with Crippen LogP contribution in [0, 0.1) is 5.82 Å². The molecule has 6 rings (SSSR count). The van der Waals surface area contributed by atoms with Gasteiger partial charge in [-0.3, -0.25) is 4.79 Å². The van der Waals surface area contributed by atoms with E-state index in [1.165, 1.54) is 12.4 Å². The molecule has 0 saturated carbocycles. The predicted molar refractivity (Wildman–Crippen MR) is 154 cm³/mol. The zero-order chi connectivity index (χ0) is 28.7. The second-order valence-corrected chi connectivity index (χ2v) is 11.7. The average Bonchev–Trinajstić information content (AvgIpc) is 3.14. The molecule has 1 N–H and O–H groups in total. The highest BCUT2D eigenvalue weighted by atomic mass is 19.1. The maximum Gasteiger partial charge on any atom is 0.322 e. The summed E-state index contributed by atoms with van der Waals surface area (Å²) in [5.41, 5.74) is 3.77. The van der Waals surface area contributed by atoms with Gasteiger partial charge >= 0.3 is 6.03 Å². The monoisotopic (exact) mass is 558 g/mol. The number of piperidine rings is 1. The SMILES string of the molecule is COc1ccc2c(c1)CCN(C1CCN(c3cc(C(=O)N4Cc5ccc(F)cc5C(C)(C)C4)ncn3)CC1)C(=O)N2. The molecule has 10 heteroatoms. The minimum atomic E-state index is -0.379. The van der Waals surface area contributed by atoms with E-state index in [1.54, 1.807) is 30.2 Å². The van der Waals surface area contributed by atoms with Crippen LogP contribution < -0.4 is 15.0 Å². The van der Waals surface area contributed by atoms with Gasteiger partial charge in [-0.2, -0.15) is 0 Å². The summed E-state index contributed by atoms with van der Waals surface area (Å²) in [6.07, 6.45) is 3.80. The molecule has 1 aromatic heterocycles. The van der Waals surface area contributed by atoms with E-state index in [0.717, 1.165) is 60.5 Å². The van der Waals surface area contributed by atoms with Crippen molar-refractivity contribution in [2.45, 2.75) is 51.1 Å². The first-order chi connectivity index (χ1) is 19.7. The molecular weight excluding hydrogens is 523 g/mol. The normalized spacial score (nSPS) is 18.7. The first-order valence-electron chi connectivity index (χ1n) is 14.1. The van der Waals surface area contributed by atoms with Gasteiger partial charge in [0.25, 0.3) is 5.91 Å². The van der Waals surface area contributed by atoms with Gasteiger partial charge in [-0.15, -0.1) is 0 Å². The fourth-order valence-corrected chi connectivity index (χ4v) is 6.39. The Kier molecular flexibility index (Phi) is 7.01. The number of methoxy groups -OCH3 is 1. The van der Waals surface area contributed by atoms with E-state index in [2.05, 4.69) is 20.2 Å². The number of nitrogens with one attached hydrogen (secondary N) is 1. The summed E-state index contributed by atoms with van der Waals surface area (Å²) in [6, 6.07) is 12.3. The van der Waals surface area contributed by atoms with Crippen LogP contribution in [0.15, 0.2) is 48.8 Å². The molecule has 214 valence electrons. The third-order valence-electron chi connectivity index (χ3n) is 8.57. The topological polar surface area (TPSA) is 90.9 Å². The van der Waals surface area contributed by atoms with Crippen molar-refractivity contribution in [2.75, 3.05) is 43.5 Å². The Bertz CT molecular complexity index is 1490. The molecule has 3 amide bonds. The summed E-state index contributed by atoms with van der Waals surface area (Å²) in [6.45, 7) is 7.02. The minimum Gasteiger partial charge on any atom is -0.497 e. The van der Waals surface area contributed by atoms with Gasteiger partial charge in [0, 0.05) is 55.9 Å². The molecule has 0 atom stereocenters. The number of halogens is 1. The number of amides is 3. The van der Waals surface area contributed by atoms with Crippen LogP contribution in [0.1, 0.15) is 53.9 Å². The van der Waals surface area contributed by atoms with Crippen LogP contribution in [0.25, 0.3) is 0 Å². The number of rotatable bonds is 4. The lowest BCUT2D eigenvalue weighted by atomic mass is 9.78. The molecule has 3 aliphatic heterocycles. The van der Waals surface area contributed by atoms with E-state index in [4.69, 9.17) is 4.74 Å². The second-order valence-electron chi connectivity index (χ2n) is 11.7. The van der Waals surface area contributed by atoms with Crippen molar-refractivity contribution in [3.05, 3.63) is 77.0 Å². The summed E-state index contributed by atoms with van der Waals surface area (Å²) >= 11 is 0. The number of hydrogen-bond acceptors (Lipinski definition) is 6. The number of carbonyl (C=O) groups excluding carboxylic acids is 2. The van der Waals surface area contributed by atoms with Crippen LogP contribution in [0.3, 0.4) is 0 Å². The number of anilines is 2. The molecule has 3 aliphatic rings. The molecule has 0 unspecified atom stereocenters. The van der Waals surface area contributed by atoms with Crippen LogP contribution in [-0.2, 0) is 18.4 Å². The standard InChI is InChI=1S/C31H35FN6O3/c1-31(2)18-37(17-21-4-5-22(32)15-25(21)31)29(39)27-16-28(34-19-33-27)36-11-9-23(10-12-36)38-13-8-20-14-24(41-3)6-7-26(20)35-30(38)40/h4-7,14-16,19,23H,8-13,17-18H2,1-3H3,(H,35,40). The van der Waals surface area contributed by atoms with Crippen LogP contribution in [-0.4, -0.2) is 71.0 Å². The number of carbonyl (C=O) groups is 2. The third kappa shape index (κ3) is 5.30. The molecule has 0 radical (unpaired) electrons. The molecular formula is C31H35FN6O3. The maximum atomic E-state index is 13.9. The van der Waals surface area contributed by atoms with Crippen molar-refractivity contribution in [2.24, 2.45) is 0 Å². The quantitative estimate of drug-likeness (QED) is 0.503. The number of benzene rings is 2. The van der Waals surface area contributed by atoms with Crippen LogP contribution in [0.2, 0.25) is 0 Å². The predicted octanol–water partition coefficient (Wildman–Crippen LogP) is 4.62. The highest BCUT2D eigenvalue weighted by molar-refractivity contribution is 5.93. The Balaban J connectivity index is 1.11. The van der Waals surface area contributed by atoms with Crippen molar-refractivity contribution in [3.8, 4) is 5.75 Å². The molecule has 41 heavy (non-hydrogen) atoms. The molecule has 1 saturated heterocycles. The molecule has 0 spiro atoms. The van der Waals surface area contributed by atoms with E-state index in [-0.39, 0.29) is 29.2 Å². The van der Waals surface area contributed by atoms with Crippen molar-refractivity contribution in [1.82, 2.24) is 19.8 Å². The Hall–Kier alpha value is -4.21. The molecule has 1 fully saturated rings. The fraction of sp³-hybridized carbons (Fsp3) is 0.419. The van der Waals surface area contributed by atoms with Crippen LogP contribution in [0.4, 0.5) is 20.7 Å². The maximum absolute atomic E-state index is 13.9. The molecule has 0 bridgehead atoms. The number of fused-ring (bicyclic) bond motifs is 2. The summed E-state index contributed by atoms with van der Waals surface area (Å²) in [5, 5.41) is 3.07. The largest absolute Gasteiger partial charge is 0.497 e. The second kappa shape index (κ2) is 10.6. The summed E-state index contributed by atoms with van der Waals surface area (Å²) in [4.78, 5) is 41.3. The van der Waals surface area contributed by atoms with E-state index >= 15 is 0 Å². The van der Waals surface area contributed by atoms with Crippen LogP contribution >= 0.6 is 0 Å². The van der Waals surface area contributed by atoms with Gasteiger partial charge in [0.1, 0.15) is 29.4 Å². The molecule has 0 aliphatic carbocycles. The lowest BCUT2D eigenvalue weighted by molar-refractivity contribution is 0.0679. The highest BCUT2D eigenvalue weighted by Crippen LogP contribution is 2.35. The summed E-state index contributed by atoms with van der Waals surface area (Å²) in [7, 11) is 1.64. The zero-order valence-electron chi connectivity index (χ0n) is 23.7. The first-order valence-corrected chi connectivity index (χ1v) is 14.1. The minimum absolute atomic E-state index is 0.0731. The number of nitrogens with zero attached hydrogens (tertiary/aromatic N) is 5. The van der Waals surface area contributed by atoms with E-state index in [0.29, 0.717) is 31.1 Å². The zero-order valence-corrected chi connectivity index (χ0v) is 23.7. The Morgan fingerprint density at radius 1 is 1.05 bits per heavy atom. The smallest absolute Gasteiger partial charge is 0.322 e. The molecule has 4 heterocycles. The van der Waals surface area contributed by atoms with Crippen molar-refractivity contribution in [1.29, 1.82) is 0 Å².